The van der Waals surface area contributed by atoms with Gasteiger partial charge in [-0.05, 0) is 203 Å². The summed E-state index contributed by atoms with van der Waals surface area (Å²) in [5, 5.41) is 0. The molecule has 0 amide bonds. The number of nitrogens with zero attached hydrogens (tertiary/aromatic N) is 2. The minimum Gasteiger partial charge on any atom is -0.311 e. The van der Waals surface area contributed by atoms with E-state index in [1.807, 2.05) is 0 Å². The van der Waals surface area contributed by atoms with E-state index in [-0.39, 0.29) is 50.0 Å². The second-order valence-corrected chi connectivity index (χ2v) is 30.2. The molecule has 1 fully saturated rings. The van der Waals surface area contributed by atoms with Crippen LogP contribution in [-0.4, -0.2) is 6.71 Å². The van der Waals surface area contributed by atoms with E-state index in [1.165, 1.54) is 154 Å². The molecule has 0 N–H and O–H groups in total. The average molecular weight is 1050 g/mol. The van der Waals surface area contributed by atoms with E-state index >= 15 is 0 Å². The maximum absolute atomic E-state index is 2.82. The fraction of sp³-hybridized carbons (Fsp3) is 0.377. The van der Waals surface area contributed by atoms with Gasteiger partial charge in [-0.1, -0.05) is 212 Å². The summed E-state index contributed by atoms with van der Waals surface area (Å²) in [5.74, 6) is 0. The monoisotopic (exact) mass is 1040 g/mol. The van der Waals surface area contributed by atoms with Gasteiger partial charge in [-0.3, -0.25) is 0 Å². The molecule has 0 aromatic heterocycles. The number of rotatable bonds is 3. The SMILES string of the molecule is Cc1cc2c3c4c1C1(C)c5ccccc5-c5cccc(c51)N4c1cc(C4(C)c5ccc(C(C)(C)C)cc5C5(C)CCCCC54C)ccc1B3c1cc3c(cc1N2c1ccc(C(C)(C)C)cc1-c1ccccc1)C(C)(C)CCC3(C)C. The van der Waals surface area contributed by atoms with Gasteiger partial charge in [0, 0.05) is 39.1 Å². The van der Waals surface area contributed by atoms with Gasteiger partial charge in [-0.25, -0.2) is 0 Å². The van der Waals surface area contributed by atoms with E-state index in [2.05, 4.69) is 259 Å². The first-order valence-corrected chi connectivity index (χ1v) is 30.6. The van der Waals surface area contributed by atoms with Crippen LogP contribution in [-0.2, 0) is 37.9 Å². The van der Waals surface area contributed by atoms with Crippen molar-refractivity contribution < 1.29 is 0 Å². The summed E-state index contributed by atoms with van der Waals surface area (Å²) in [6.45, 7) is 37.3. The second-order valence-electron chi connectivity index (χ2n) is 30.2. The van der Waals surface area contributed by atoms with E-state index < -0.39 is 0 Å². The van der Waals surface area contributed by atoms with Gasteiger partial charge in [0.15, 0.2) is 0 Å². The molecule has 15 rings (SSSR count). The van der Waals surface area contributed by atoms with Crippen LogP contribution in [0.15, 0.2) is 146 Å². The van der Waals surface area contributed by atoms with Gasteiger partial charge in [0.05, 0.1) is 11.4 Å². The fourth-order valence-corrected chi connectivity index (χ4v) is 18.2. The van der Waals surface area contributed by atoms with Crippen LogP contribution in [0.1, 0.15) is 197 Å². The van der Waals surface area contributed by atoms with Crippen LogP contribution >= 0.6 is 0 Å². The third-order valence-corrected chi connectivity index (χ3v) is 23.2. The molecule has 80 heavy (non-hydrogen) atoms. The predicted octanol–water partition coefficient (Wildman–Crippen LogP) is 18.5. The predicted molar refractivity (Wildman–Crippen MR) is 341 cm³/mol. The minimum atomic E-state index is -0.373. The molecule has 0 radical (unpaired) electrons. The number of aryl methyl sites for hydroxylation is 1. The van der Waals surface area contributed by atoms with Crippen molar-refractivity contribution in [1.82, 2.24) is 0 Å². The van der Waals surface area contributed by atoms with Crippen molar-refractivity contribution in [2.75, 3.05) is 9.80 Å². The quantitative estimate of drug-likeness (QED) is 0.163. The summed E-state index contributed by atoms with van der Waals surface area (Å²) in [6.07, 6.45) is 7.31. The zero-order valence-electron chi connectivity index (χ0n) is 50.6. The largest absolute Gasteiger partial charge is 0.311 e. The zero-order valence-corrected chi connectivity index (χ0v) is 50.6. The summed E-state index contributed by atoms with van der Waals surface area (Å²) in [5.41, 5.74) is 33.0. The number of hydrogen-bond acceptors (Lipinski definition) is 2. The summed E-state index contributed by atoms with van der Waals surface area (Å²) < 4.78 is 0. The molecule has 8 aromatic rings. The first-order valence-electron chi connectivity index (χ1n) is 30.6. The summed E-state index contributed by atoms with van der Waals surface area (Å²) in [4.78, 5) is 5.57. The molecule has 3 aliphatic heterocycles. The van der Waals surface area contributed by atoms with Crippen LogP contribution in [0.5, 0.6) is 0 Å². The van der Waals surface area contributed by atoms with Crippen molar-refractivity contribution in [3.63, 3.8) is 0 Å². The molecule has 4 unspecified atom stereocenters. The maximum atomic E-state index is 2.82. The van der Waals surface area contributed by atoms with Gasteiger partial charge in [-0.2, -0.15) is 0 Å². The normalized spacial score (nSPS) is 24.7. The number of benzene rings is 8. The highest BCUT2D eigenvalue weighted by Gasteiger charge is 2.65. The standard InChI is InChI=1S/C77H81BN2/c1-46-40-65-68-69-66(46)76(14)54-28-20-19-26-51(54)52-27-23-29-62(67(52)76)80(69)63-43-50(77(15)55-33-30-49(71(5,6)7)42-58(55)74(12)36-21-22-37-75(74,77)13)31-34-59(63)78(68)60-44-56-57(73(10,11)39-38-72(56,8)9)45-64(60)79(65)61-35-32-48(70(2,3)4)41-53(61)47-24-17-16-18-25-47/h16-20,23-35,40-45H,21-22,36-39H2,1-15H3. The van der Waals surface area contributed by atoms with E-state index in [4.69, 9.17) is 0 Å². The molecular formula is C77H81BN2. The topological polar surface area (TPSA) is 6.48 Å². The molecule has 0 bridgehead atoms. The lowest BCUT2D eigenvalue weighted by Crippen LogP contribution is -2.63. The highest BCUT2D eigenvalue weighted by Crippen LogP contribution is 2.71. The lowest BCUT2D eigenvalue weighted by atomic mass is 9.32. The molecule has 8 aromatic carbocycles. The van der Waals surface area contributed by atoms with E-state index in [1.54, 1.807) is 5.56 Å². The number of fused-ring (bicyclic) bond motifs is 14. The van der Waals surface area contributed by atoms with E-state index in [9.17, 15) is 0 Å². The van der Waals surface area contributed by atoms with Crippen LogP contribution in [0.4, 0.5) is 34.1 Å². The van der Waals surface area contributed by atoms with Crippen molar-refractivity contribution in [1.29, 1.82) is 0 Å². The Balaban J connectivity index is 1.08. The molecule has 3 heterocycles. The molecule has 7 aliphatic rings. The van der Waals surface area contributed by atoms with Crippen LogP contribution in [0.2, 0.25) is 0 Å². The Labute approximate surface area is 479 Å². The highest BCUT2D eigenvalue weighted by atomic mass is 15.2. The first-order chi connectivity index (χ1) is 37.8. The maximum Gasteiger partial charge on any atom is 0.252 e. The Morgan fingerprint density at radius 3 is 1.82 bits per heavy atom. The van der Waals surface area contributed by atoms with Crippen LogP contribution < -0.4 is 26.2 Å². The van der Waals surface area contributed by atoms with Crippen LogP contribution in [0.3, 0.4) is 0 Å². The van der Waals surface area contributed by atoms with Crippen LogP contribution in [0.25, 0.3) is 22.3 Å². The van der Waals surface area contributed by atoms with E-state index in [0.29, 0.717) is 0 Å². The molecule has 402 valence electrons. The van der Waals surface area contributed by atoms with Gasteiger partial charge in [0.1, 0.15) is 0 Å². The molecule has 0 saturated heterocycles. The van der Waals surface area contributed by atoms with Gasteiger partial charge < -0.3 is 9.80 Å². The van der Waals surface area contributed by atoms with Crippen molar-refractivity contribution in [3.8, 4) is 22.3 Å². The van der Waals surface area contributed by atoms with Crippen molar-refractivity contribution in [3.05, 3.63) is 207 Å². The van der Waals surface area contributed by atoms with Gasteiger partial charge in [0.25, 0.3) is 6.71 Å². The second kappa shape index (κ2) is 15.9. The van der Waals surface area contributed by atoms with Crippen molar-refractivity contribution in [2.24, 2.45) is 5.41 Å². The van der Waals surface area contributed by atoms with Crippen LogP contribution in [0, 0.1) is 12.3 Å². The smallest absolute Gasteiger partial charge is 0.252 e. The Morgan fingerprint density at radius 1 is 0.438 bits per heavy atom. The summed E-state index contributed by atoms with van der Waals surface area (Å²) in [7, 11) is 0. The first kappa shape index (κ1) is 50.4. The third kappa shape index (κ3) is 6.18. The lowest BCUT2D eigenvalue weighted by molar-refractivity contribution is 0.0500. The third-order valence-electron chi connectivity index (χ3n) is 23.2. The van der Waals surface area contributed by atoms with Crippen molar-refractivity contribution >= 4 is 57.2 Å². The molecule has 3 heteroatoms. The number of hydrogen-bond donors (Lipinski definition) is 0. The Kier molecular flexibility index (Phi) is 10.0. The summed E-state index contributed by atoms with van der Waals surface area (Å²) in [6, 6.07) is 59.1. The molecule has 0 spiro atoms. The molecular weight excluding hydrogens is 964 g/mol. The average Bonchev–Trinajstić information content (AvgIpc) is 3.98. The van der Waals surface area contributed by atoms with Crippen molar-refractivity contribution in [2.45, 2.75) is 180 Å². The lowest BCUT2D eigenvalue weighted by Gasteiger charge is -2.54. The Bertz CT molecular complexity index is 4030. The Hall–Kier alpha value is -6.58. The molecule has 4 aliphatic carbocycles. The minimum absolute atomic E-state index is 0.00964. The van der Waals surface area contributed by atoms with Gasteiger partial charge >= 0.3 is 0 Å². The highest BCUT2D eigenvalue weighted by molar-refractivity contribution is 7.00. The summed E-state index contributed by atoms with van der Waals surface area (Å²) >= 11 is 0. The number of anilines is 6. The molecule has 1 saturated carbocycles. The zero-order chi connectivity index (χ0) is 55.8. The molecule has 2 nitrogen and oxygen atoms in total. The van der Waals surface area contributed by atoms with E-state index in [0.717, 1.165) is 12.8 Å². The molecule has 4 atom stereocenters. The Morgan fingerprint density at radius 2 is 1.09 bits per heavy atom. The fourth-order valence-electron chi connectivity index (χ4n) is 18.2. The van der Waals surface area contributed by atoms with Gasteiger partial charge in [-0.15, -0.1) is 0 Å². The van der Waals surface area contributed by atoms with Gasteiger partial charge in [0.2, 0.25) is 0 Å².